The molecule has 0 fully saturated rings. The molecular weight excluding hydrogens is 247 g/mol. The van der Waals surface area contributed by atoms with Crippen molar-refractivity contribution in [1.82, 2.24) is 4.57 Å². The van der Waals surface area contributed by atoms with E-state index < -0.39 is 17.5 Å². The summed E-state index contributed by atoms with van der Waals surface area (Å²) in [6.07, 6.45) is -3.72. The van der Waals surface area contributed by atoms with Crippen molar-refractivity contribution >= 4 is 16.7 Å². The smallest absolute Gasteiger partial charge is 0.454 e. The molecule has 2 rings (SSSR count). The van der Waals surface area contributed by atoms with Crippen molar-refractivity contribution in [2.45, 2.75) is 6.18 Å². The number of alkyl halides is 3. The number of ether oxygens (including phenoxy) is 1. The SMILES string of the molecule is COc1cccc2c1c(C(=O)C(F)(F)F)cn2C. The molecule has 0 aliphatic rings. The van der Waals surface area contributed by atoms with Gasteiger partial charge in [-0.05, 0) is 12.1 Å². The summed E-state index contributed by atoms with van der Waals surface area (Å²) in [6, 6.07) is 4.81. The summed E-state index contributed by atoms with van der Waals surface area (Å²) < 4.78 is 44.0. The molecule has 96 valence electrons. The van der Waals surface area contributed by atoms with Crippen LogP contribution in [0.25, 0.3) is 10.9 Å². The molecule has 0 saturated heterocycles. The van der Waals surface area contributed by atoms with Crippen molar-refractivity contribution < 1.29 is 22.7 Å². The van der Waals surface area contributed by atoms with E-state index in [1.807, 2.05) is 0 Å². The number of halogens is 3. The van der Waals surface area contributed by atoms with Crippen LogP contribution >= 0.6 is 0 Å². The first kappa shape index (κ1) is 12.5. The molecule has 0 saturated carbocycles. The molecule has 0 aliphatic carbocycles. The molecule has 2 aromatic rings. The first-order chi connectivity index (χ1) is 8.36. The summed E-state index contributed by atoms with van der Waals surface area (Å²) in [6.45, 7) is 0. The van der Waals surface area contributed by atoms with Gasteiger partial charge in [-0.15, -0.1) is 0 Å². The van der Waals surface area contributed by atoms with Gasteiger partial charge in [0.2, 0.25) is 0 Å². The number of rotatable bonds is 2. The fraction of sp³-hybridized carbons (Fsp3) is 0.250. The summed E-state index contributed by atoms with van der Waals surface area (Å²) in [7, 11) is 2.93. The van der Waals surface area contributed by atoms with E-state index >= 15 is 0 Å². The van der Waals surface area contributed by atoms with Crippen LogP contribution in [0.3, 0.4) is 0 Å². The summed E-state index contributed by atoms with van der Waals surface area (Å²) in [5.74, 6) is -1.61. The molecule has 1 aromatic carbocycles. The number of aromatic nitrogens is 1. The quantitative estimate of drug-likeness (QED) is 0.774. The van der Waals surface area contributed by atoms with Crippen molar-refractivity contribution in [3.8, 4) is 5.75 Å². The van der Waals surface area contributed by atoms with Gasteiger partial charge in [0.05, 0.1) is 23.6 Å². The Labute approximate surface area is 101 Å². The summed E-state index contributed by atoms with van der Waals surface area (Å²) in [5.41, 5.74) is 0.124. The van der Waals surface area contributed by atoms with Gasteiger partial charge in [0.1, 0.15) is 5.75 Å². The van der Waals surface area contributed by atoms with Crippen LogP contribution in [0.2, 0.25) is 0 Å². The van der Waals surface area contributed by atoms with E-state index in [9.17, 15) is 18.0 Å². The van der Waals surface area contributed by atoms with E-state index in [-0.39, 0.29) is 11.1 Å². The number of nitrogens with zero attached hydrogens (tertiary/aromatic N) is 1. The van der Waals surface area contributed by atoms with Crippen LogP contribution in [-0.2, 0) is 7.05 Å². The van der Waals surface area contributed by atoms with E-state index in [1.165, 1.54) is 23.9 Å². The highest BCUT2D eigenvalue weighted by atomic mass is 19.4. The Bertz CT molecular complexity index is 614. The lowest BCUT2D eigenvalue weighted by Crippen LogP contribution is -2.22. The molecule has 1 aromatic heterocycles. The number of carbonyl (C=O) groups excluding carboxylic acids is 1. The highest BCUT2D eigenvalue weighted by Crippen LogP contribution is 2.33. The number of hydrogen-bond acceptors (Lipinski definition) is 2. The minimum absolute atomic E-state index is 0.185. The molecule has 1 heterocycles. The fourth-order valence-electron chi connectivity index (χ4n) is 1.91. The second-order valence-corrected chi connectivity index (χ2v) is 3.83. The molecule has 0 atom stereocenters. The summed E-state index contributed by atoms with van der Waals surface area (Å²) in [5, 5.41) is 0.185. The topological polar surface area (TPSA) is 31.2 Å². The van der Waals surface area contributed by atoms with Crippen LogP contribution < -0.4 is 4.74 Å². The second kappa shape index (κ2) is 4.04. The zero-order chi connectivity index (χ0) is 13.5. The van der Waals surface area contributed by atoms with E-state index in [0.29, 0.717) is 5.52 Å². The number of carbonyl (C=O) groups is 1. The maximum Gasteiger partial charge on any atom is 0.454 e. The number of ketones is 1. The van der Waals surface area contributed by atoms with Gasteiger partial charge in [-0.3, -0.25) is 4.79 Å². The zero-order valence-corrected chi connectivity index (χ0v) is 9.71. The Morgan fingerprint density at radius 3 is 2.56 bits per heavy atom. The zero-order valence-electron chi connectivity index (χ0n) is 9.71. The third-order valence-corrected chi connectivity index (χ3v) is 2.70. The van der Waals surface area contributed by atoms with Crippen molar-refractivity contribution in [3.05, 3.63) is 30.0 Å². The molecule has 0 unspecified atom stereocenters. The van der Waals surface area contributed by atoms with Gasteiger partial charge >= 0.3 is 6.18 Å². The Balaban J connectivity index is 2.76. The maximum absolute atomic E-state index is 12.5. The van der Waals surface area contributed by atoms with Crippen molar-refractivity contribution in [2.24, 2.45) is 7.05 Å². The monoisotopic (exact) mass is 257 g/mol. The Kier molecular flexibility index (Phi) is 2.80. The summed E-state index contributed by atoms with van der Waals surface area (Å²) in [4.78, 5) is 11.4. The Morgan fingerprint density at radius 1 is 1.33 bits per heavy atom. The second-order valence-electron chi connectivity index (χ2n) is 3.83. The Morgan fingerprint density at radius 2 is 2.00 bits per heavy atom. The molecule has 0 N–H and O–H groups in total. The number of Topliss-reactive ketones (excluding diaryl/α,β-unsaturated/α-hetero) is 1. The van der Waals surface area contributed by atoms with Crippen molar-refractivity contribution in [1.29, 1.82) is 0 Å². The molecule has 0 amide bonds. The first-order valence-electron chi connectivity index (χ1n) is 5.10. The van der Waals surface area contributed by atoms with Gasteiger partial charge in [-0.1, -0.05) is 6.07 Å². The highest BCUT2D eigenvalue weighted by molar-refractivity contribution is 6.12. The molecule has 18 heavy (non-hydrogen) atoms. The third-order valence-electron chi connectivity index (χ3n) is 2.70. The van der Waals surface area contributed by atoms with Crippen LogP contribution in [0.4, 0.5) is 13.2 Å². The third kappa shape index (κ3) is 1.83. The molecule has 3 nitrogen and oxygen atoms in total. The molecule has 0 bridgehead atoms. The van der Waals surface area contributed by atoms with Gasteiger partial charge in [-0.2, -0.15) is 13.2 Å². The van der Waals surface area contributed by atoms with E-state index in [4.69, 9.17) is 4.74 Å². The van der Waals surface area contributed by atoms with E-state index in [1.54, 1.807) is 19.2 Å². The minimum Gasteiger partial charge on any atom is -0.496 e. The first-order valence-corrected chi connectivity index (χ1v) is 5.10. The lowest BCUT2D eigenvalue weighted by molar-refractivity contribution is -0.0884. The van der Waals surface area contributed by atoms with Gasteiger partial charge in [0.15, 0.2) is 0 Å². The number of aryl methyl sites for hydroxylation is 1. The maximum atomic E-state index is 12.5. The normalized spacial score (nSPS) is 11.8. The minimum atomic E-state index is -4.89. The standard InChI is InChI=1S/C12H10F3NO2/c1-16-6-7(11(17)12(13,14)15)10-8(16)4-3-5-9(10)18-2/h3-6H,1-2H3. The Hall–Kier alpha value is -1.98. The van der Waals surface area contributed by atoms with Crippen LogP contribution in [0, 0.1) is 0 Å². The molecule has 0 radical (unpaired) electrons. The van der Waals surface area contributed by atoms with E-state index in [2.05, 4.69) is 0 Å². The fourth-order valence-corrected chi connectivity index (χ4v) is 1.91. The van der Waals surface area contributed by atoms with Crippen LogP contribution in [-0.4, -0.2) is 23.6 Å². The van der Waals surface area contributed by atoms with Gasteiger partial charge in [-0.25, -0.2) is 0 Å². The van der Waals surface area contributed by atoms with Crippen LogP contribution in [0.5, 0.6) is 5.75 Å². The van der Waals surface area contributed by atoms with Crippen molar-refractivity contribution in [3.63, 3.8) is 0 Å². The van der Waals surface area contributed by atoms with E-state index in [0.717, 1.165) is 0 Å². The van der Waals surface area contributed by atoms with Crippen molar-refractivity contribution in [2.75, 3.05) is 7.11 Å². The molecule has 0 spiro atoms. The number of benzene rings is 1. The molecule has 6 heteroatoms. The molecular formula is C12H10F3NO2. The average molecular weight is 257 g/mol. The predicted octanol–water partition coefficient (Wildman–Crippen LogP) is 2.93. The highest BCUT2D eigenvalue weighted by Gasteiger charge is 2.41. The van der Waals surface area contributed by atoms with Gasteiger partial charge in [0, 0.05) is 13.2 Å². The van der Waals surface area contributed by atoms with Gasteiger partial charge in [0.25, 0.3) is 5.78 Å². The summed E-state index contributed by atoms with van der Waals surface area (Å²) >= 11 is 0. The lowest BCUT2D eigenvalue weighted by atomic mass is 10.1. The largest absolute Gasteiger partial charge is 0.496 e. The lowest BCUT2D eigenvalue weighted by Gasteiger charge is -2.06. The molecule has 0 aliphatic heterocycles. The van der Waals surface area contributed by atoms with Crippen LogP contribution in [0.1, 0.15) is 10.4 Å². The van der Waals surface area contributed by atoms with Crippen LogP contribution in [0.15, 0.2) is 24.4 Å². The predicted molar refractivity (Wildman–Crippen MR) is 59.9 cm³/mol. The van der Waals surface area contributed by atoms with Gasteiger partial charge < -0.3 is 9.30 Å². The number of methoxy groups -OCH3 is 1. The average Bonchev–Trinajstić information content (AvgIpc) is 2.65. The number of fused-ring (bicyclic) bond motifs is 1. The number of hydrogen-bond donors (Lipinski definition) is 0.